The molecule has 0 radical (unpaired) electrons. The number of ether oxygens (including phenoxy) is 7. The Hall–Kier alpha value is -4.78. The first-order chi connectivity index (χ1) is 30.1. The summed E-state index contributed by atoms with van der Waals surface area (Å²) in [6.45, 7) is 17.2. The van der Waals surface area contributed by atoms with Gasteiger partial charge in [0.1, 0.15) is 18.8 Å². The van der Waals surface area contributed by atoms with Crippen molar-refractivity contribution in [2.75, 3.05) is 97.7 Å². The highest BCUT2D eigenvalue weighted by Gasteiger charge is 2.22. The van der Waals surface area contributed by atoms with Crippen LogP contribution in [0.3, 0.4) is 0 Å². The van der Waals surface area contributed by atoms with Gasteiger partial charge in [-0.15, -0.1) is 0 Å². The highest BCUT2D eigenvalue weighted by atomic mass is 16.6. The molecular weight excluding hydrogens is 815 g/mol. The van der Waals surface area contributed by atoms with Crippen molar-refractivity contribution in [2.45, 2.75) is 92.3 Å². The number of aromatic amines is 1. The summed E-state index contributed by atoms with van der Waals surface area (Å²) in [5, 5.41) is 14.4. The molecule has 350 valence electrons. The number of ketones is 1. The fourth-order valence-corrected chi connectivity index (χ4v) is 6.44. The van der Waals surface area contributed by atoms with Crippen molar-refractivity contribution in [3.8, 4) is 0 Å². The van der Waals surface area contributed by atoms with Gasteiger partial charge in [0.05, 0.1) is 71.4 Å². The van der Waals surface area contributed by atoms with Crippen molar-refractivity contribution in [3.05, 3.63) is 68.1 Å². The zero-order valence-corrected chi connectivity index (χ0v) is 38.2. The standard InChI is InChI=1S/C46H69N5O12/c1-32(2)49-41-27-36(26-38(39(41)28-47)44(55)48-29-40-33(3)25-34(4)50-45(40)56)35-10-13-51(14-11-35)42(53)31-62-24-22-60-21-23-61-30-37(52)9-8-15-57-17-19-59-20-18-58-16-12-43(54)63-46(5,6)7/h10,25-28,32,47,49H,8-9,11-24,29-31H2,1-7H3,(H,48,55)(H,50,56). The largest absolute Gasteiger partial charge is 0.460 e. The van der Waals surface area contributed by atoms with Gasteiger partial charge in [-0.1, -0.05) is 6.08 Å². The molecule has 3 rings (SSSR count). The maximum absolute atomic E-state index is 13.6. The number of amides is 2. The monoisotopic (exact) mass is 883 g/mol. The van der Waals surface area contributed by atoms with Crippen molar-refractivity contribution >= 4 is 41.0 Å². The zero-order chi connectivity index (χ0) is 46.2. The molecule has 0 saturated carbocycles. The quantitative estimate of drug-likeness (QED) is 0.0483. The highest BCUT2D eigenvalue weighted by Crippen LogP contribution is 2.30. The molecule has 2 heterocycles. The number of aryl methyl sites for hydroxylation is 2. The van der Waals surface area contributed by atoms with E-state index in [1.807, 2.05) is 59.8 Å². The number of pyridine rings is 1. The molecule has 0 fully saturated rings. The zero-order valence-electron chi connectivity index (χ0n) is 38.2. The number of Topliss-reactive ketones (excluding diaryl/α,β-unsaturated/α-hetero) is 1. The van der Waals surface area contributed by atoms with Crippen LogP contribution in [-0.2, 0) is 54.1 Å². The predicted octanol–water partition coefficient (Wildman–Crippen LogP) is 4.54. The normalized spacial score (nSPS) is 12.9. The molecule has 63 heavy (non-hydrogen) atoms. The van der Waals surface area contributed by atoms with Crippen molar-refractivity contribution < 1.29 is 52.3 Å². The third kappa shape index (κ3) is 20.5. The number of rotatable bonds is 30. The molecule has 4 N–H and O–H groups in total. The number of hydrogen-bond acceptors (Lipinski definition) is 14. The highest BCUT2D eigenvalue weighted by molar-refractivity contribution is 6.06. The molecule has 1 aromatic carbocycles. The van der Waals surface area contributed by atoms with Gasteiger partial charge in [0.25, 0.3) is 11.5 Å². The fourth-order valence-electron chi connectivity index (χ4n) is 6.44. The van der Waals surface area contributed by atoms with Crippen molar-refractivity contribution in [1.29, 1.82) is 5.41 Å². The first-order valence-electron chi connectivity index (χ1n) is 21.7. The Morgan fingerprint density at radius 1 is 0.841 bits per heavy atom. The number of carbonyl (C=O) groups is 4. The number of aromatic nitrogens is 1. The van der Waals surface area contributed by atoms with Crippen LogP contribution in [0.1, 0.15) is 98.6 Å². The van der Waals surface area contributed by atoms with Gasteiger partial charge < -0.3 is 59.1 Å². The van der Waals surface area contributed by atoms with E-state index in [-0.39, 0.29) is 88.5 Å². The van der Waals surface area contributed by atoms with E-state index in [2.05, 4.69) is 15.6 Å². The molecule has 0 atom stereocenters. The van der Waals surface area contributed by atoms with Gasteiger partial charge in [0.2, 0.25) is 5.91 Å². The second-order valence-electron chi connectivity index (χ2n) is 16.4. The number of H-pyrrole nitrogens is 1. The lowest BCUT2D eigenvalue weighted by atomic mass is 9.93. The van der Waals surface area contributed by atoms with E-state index in [0.29, 0.717) is 87.8 Å². The van der Waals surface area contributed by atoms with Crippen LogP contribution in [0.25, 0.3) is 5.57 Å². The third-order valence-electron chi connectivity index (χ3n) is 9.46. The second-order valence-corrected chi connectivity index (χ2v) is 16.4. The predicted molar refractivity (Wildman–Crippen MR) is 240 cm³/mol. The van der Waals surface area contributed by atoms with Crippen molar-refractivity contribution in [1.82, 2.24) is 15.2 Å². The van der Waals surface area contributed by atoms with Gasteiger partial charge in [0.15, 0.2) is 5.78 Å². The van der Waals surface area contributed by atoms with Crippen molar-refractivity contribution in [2.24, 2.45) is 0 Å². The topological polar surface area (TPSA) is 217 Å². The van der Waals surface area contributed by atoms with E-state index in [1.165, 1.54) is 0 Å². The first kappa shape index (κ1) is 52.6. The smallest absolute Gasteiger partial charge is 0.308 e. The Bertz CT molecular complexity index is 1890. The van der Waals surface area contributed by atoms with Gasteiger partial charge in [-0.3, -0.25) is 24.0 Å². The van der Waals surface area contributed by atoms with Crippen LogP contribution in [0.5, 0.6) is 0 Å². The molecule has 1 aliphatic rings. The van der Waals surface area contributed by atoms with Crippen LogP contribution in [-0.4, -0.2) is 144 Å². The average Bonchev–Trinajstić information content (AvgIpc) is 3.21. The number of anilines is 1. The van der Waals surface area contributed by atoms with Gasteiger partial charge in [-0.2, -0.15) is 0 Å². The van der Waals surface area contributed by atoms with E-state index in [9.17, 15) is 24.0 Å². The fraction of sp³-hybridized carbons (Fsp3) is 0.609. The van der Waals surface area contributed by atoms with E-state index in [0.717, 1.165) is 28.6 Å². The molecule has 1 aliphatic heterocycles. The summed E-state index contributed by atoms with van der Waals surface area (Å²) in [6, 6.07) is 5.59. The van der Waals surface area contributed by atoms with Gasteiger partial charge in [-0.05, 0) is 96.2 Å². The summed E-state index contributed by atoms with van der Waals surface area (Å²) in [5.41, 5.74) is 4.42. The van der Waals surface area contributed by atoms with Crippen molar-refractivity contribution in [3.63, 3.8) is 0 Å². The molecule has 1 aromatic heterocycles. The number of hydrogen-bond donors (Lipinski definition) is 4. The average molecular weight is 884 g/mol. The number of carbonyl (C=O) groups excluding carboxylic acids is 4. The lowest BCUT2D eigenvalue weighted by molar-refractivity contribution is -0.156. The molecule has 2 aromatic rings. The lowest BCUT2D eigenvalue weighted by Crippen LogP contribution is -2.37. The van der Waals surface area contributed by atoms with E-state index < -0.39 is 11.5 Å². The van der Waals surface area contributed by atoms with Gasteiger partial charge in [0, 0.05) is 67.4 Å². The van der Waals surface area contributed by atoms with E-state index >= 15 is 0 Å². The molecule has 17 nitrogen and oxygen atoms in total. The van der Waals surface area contributed by atoms with Crippen LogP contribution in [0.4, 0.5) is 5.69 Å². The Morgan fingerprint density at radius 2 is 1.46 bits per heavy atom. The molecule has 2 amide bonds. The van der Waals surface area contributed by atoms with Crippen LogP contribution in [0.2, 0.25) is 0 Å². The minimum atomic E-state index is -0.505. The molecule has 0 spiro atoms. The summed E-state index contributed by atoms with van der Waals surface area (Å²) in [7, 11) is 0. The van der Waals surface area contributed by atoms with Gasteiger partial charge >= 0.3 is 5.97 Å². The summed E-state index contributed by atoms with van der Waals surface area (Å²) >= 11 is 0. The minimum Gasteiger partial charge on any atom is -0.460 e. The summed E-state index contributed by atoms with van der Waals surface area (Å²) in [6.07, 6.45) is 4.81. The summed E-state index contributed by atoms with van der Waals surface area (Å²) in [5.74, 6) is -0.867. The second kappa shape index (κ2) is 28.1. The molecule has 0 saturated heterocycles. The van der Waals surface area contributed by atoms with Crippen LogP contribution in [0.15, 0.2) is 29.1 Å². The Kier molecular flexibility index (Phi) is 23.4. The molecule has 0 bridgehead atoms. The summed E-state index contributed by atoms with van der Waals surface area (Å²) < 4.78 is 38.0. The van der Waals surface area contributed by atoms with E-state index in [1.54, 1.807) is 17.9 Å². The molecule has 0 aliphatic carbocycles. The SMILES string of the molecule is Cc1cc(C)c(CNC(=O)c2cc(C3=CCN(C(=O)COCCOCCOCC(=O)CCCOCCOCCOCCC(=O)OC(C)(C)C)CC3)cc(NC(C)C)c2C=N)c(=O)[nH]1. The number of esters is 1. The van der Waals surface area contributed by atoms with Crippen LogP contribution >= 0.6 is 0 Å². The Balaban J connectivity index is 1.26. The Labute approximate surface area is 371 Å². The van der Waals surface area contributed by atoms with Crippen LogP contribution in [0, 0.1) is 19.3 Å². The number of nitrogens with one attached hydrogen (secondary N) is 4. The number of benzene rings is 1. The van der Waals surface area contributed by atoms with Crippen LogP contribution < -0.4 is 16.2 Å². The minimum absolute atomic E-state index is 0.00346. The maximum atomic E-state index is 13.6. The lowest BCUT2D eigenvalue weighted by Gasteiger charge is -2.27. The molecule has 0 unspecified atom stereocenters. The Morgan fingerprint density at radius 3 is 2.05 bits per heavy atom. The van der Waals surface area contributed by atoms with Gasteiger partial charge in [-0.25, -0.2) is 0 Å². The molecular formula is C46H69N5O12. The first-order valence-corrected chi connectivity index (χ1v) is 21.7. The number of nitrogens with zero attached hydrogens (tertiary/aromatic N) is 1. The third-order valence-corrected chi connectivity index (χ3v) is 9.46. The van der Waals surface area contributed by atoms with E-state index in [4.69, 9.17) is 38.6 Å². The summed E-state index contributed by atoms with van der Waals surface area (Å²) in [4.78, 5) is 67.3. The maximum Gasteiger partial charge on any atom is 0.308 e. The molecule has 17 heteroatoms.